The molecule has 0 aliphatic heterocycles. The van der Waals surface area contributed by atoms with Crippen LogP contribution in [0.5, 0.6) is 5.75 Å². The van der Waals surface area contributed by atoms with Gasteiger partial charge in [-0.25, -0.2) is 0 Å². The van der Waals surface area contributed by atoms with E-state index in [1.54, 1.807) is 12.4 Å². The Morgan fingerprint density at radius 2 is 1.93 bits per heavy atom. The van der Waals surface area contributed by atoms with Gasteiger partial charge in [-0.3, -0.25) is 4.98 Å². The molecule has 0 unspecified atom stereocenters. The van der Waals surface area contributed by atoms with Gasteiger partial charge in [0.25, 0.3) is 0 Å². The molecule has 1 aromatic heterocycles. The predicted molar refractivity (Wildman–Crippen MR) is 60.6 cm³/mol. The number of hydrogen-bond acceptors (Lipinski definition) is 2. The lowest BCUT2D eigenvalue weighted by atomic mass is 10.2. The van der Waals surface area contributed by atoms with Crippen LogP contribution in [0.1, 0.15) is 40.5 Å². The summed E-state index contributed by atoms with van der Waals surface area (Å²) in [6.45, 7) is 8.26. The molecule has 0 saturated carbocycles. The van der Waals surface area contributed by atoms with Crippen molar-refractivity contribution in [1.29, 1.82) is 0 Å². The maximum atomic E-state index is 5.65. The van der Waals surface area contributed by atoms with Crippen LogP contribution in [0.2, 0.25) is 0 Å². The zero-order valence-corrected chi connectivity index (χ0v) is 9.66. The Morgan fingerprint density at radius 3 is 2.36 bits per heavy atom. The van der Waals surface area contributed by atoms with Gasteiger partial charge in [0.2, 0.25) is 0 Å². The van der Waals surface area contributed by atoms with Crippen LogP contribution >= 0.6 is 0 Å². The first-order chi connectivity index (χ1) is 6.86. The van der Waals surface area contributed by atoms with Gasteiger partial charge in [0, 0.05) is 6.20 Å². The third kappa shape index (κ3) is 4.85. The van der Waals surface area contributed by atoms with E-state index in [-0.39, 0.29) is 0 Å². The lowest BCUT2D eigenvalue weighted by molar-refractivity contribution is 0.192. The SMILES string of the molecule is CC.CCC(CC)Oc1cccnc1. The summed E-state index contributed by atoms with van der Waals surface area (Å²) in [5.41, 5.74) is 0. The molecule has 0 saturated heterocycles. The number of ether oxygens (including phenoxy) is 1. The summed E-state index contributed by atoms with van der Waals surface area (Å²) in [7, 11) is 0. The number of pyridine rings is 1. The topological polar surface area (TPSA) is 22.1 Å². The van der Waals surface area contributed by atoms with E-state index in [9.17, 15) is 0 Å². The van der Waals surface area contributed by atoms with Gasteiger partial charge in [-0.05, 0) is 25.0 Å². The standard InChI is InChI=1S/C10H15NO.C2H6/c1-3-9(4-2)12-10-6-5-7-11-8-10;1-2/h5-9H,3-4H2,1-2H3;1-2H3. The molecule has 0 radical (unpaired) electrons. The molecule has 0 amide bonds. The summed E-state index contributed by atoms with van der Waals surface area (Å²) in [6.07, 6.45) is 5.92. The molecule has 1 rings (SSSR count). The highest BCUT2D eigenvalue weighted by Gasteiger charge is 2.03. The Balaban J connectivity index is 0.000000791. The van der Waals surface area contributed by atoms with E-state index >= 15 is 0 Å². The first-order valence-electron chi connectivity index (χ1n) is 5.43. The van der Waals surface area contributed by atoms with E-state index in [4.69, 9.17) is 4.74 Å². The fourth-order valence-corrected chi connectivity index (χ4v) is 1.06. The van der Waals surface area contributed by atoms with Crippen molar-refractivity contribution in [3.05, 3.63) is 24.5 Å². The highest BCUT2D eigenvalue weighted by Crippen LogP contribution is 2.12. The summed E-state index contributed by atoms with van der Waals surface area (Å²) < 4.78 is 5.65. The molecule has 14 heavy (non-hydrogen) atoms. The normalized spacial score (nSPS) is 9.21. The van der Waals surface area contributed by atoms with Gasteiger partial charge in [-0.2, -0.15) is 0 Å². The highest BCUT2D eigenvalue weighted by molar-refractivity contribution is 5.15. The van der Waals surface area contributed by atoms with Crippen LogP contribution in [0, 0.1) is 0 Å². The largest absolute Gasteiger partial charge is 0.489 e. The molecule has 2 nitrogen and oxygen atoms in total. The molecular formula is C12H21NO. The van der Waals surface area contributed by atoms with Crippen molar-refractivity contribution in [2.24, 2.45) is 0 Å². The predicted octanol–water partition coefficient (Wildman–Crippen LogP) is 3.68. The quantitative estimate of drug-likeness (QED) is 0.731. The van der Waals surface area contributed by atoms with Crippen molar-refractivity contribution in [2.75, 3.05) is 0 Å². The van der Waals surface area contributed by atoms with E-state index in [0.717, 1.165) is 18.6 Å². The summed E-state index contributed by atoms with van der Waals surface area (Å²) in [5.74, 6) is 0.867. The first kappa shape index (κ1) is 12.9. The van der Waals surface area contributed by atoms with Crippen LogP contribution in [-0.2, 0) is 0 Å². The molecule has 0 atom stereocenters. The van der Waals surface area contributed by atoms with Gasteiger partial charge in [-0.15, -0.1) is 0 Å². The van der Waals surface area contributed by atoms with Crippen molar-refractivity contribution < 1.29 is 4.74 Å². The van der Waals surface area contributed by atoms with Gasteiger partial charge in [-0.1, -0.05) is 27.7 Å². The average molecular weight is 195 g/mol. The zero-order valence-electron chi connectivity index (χ0n) is 9.66. The van der Waals surface area contributed by atoms with E-state index in [0.29, 0.717) is 6.10 Å². The Labute approximate surface area is 87.3 Å². The maximum absolute atomic E-state index is 5.65. The number of rotatable bonds is 4. The lowest BCUT2D eigenvalue weighted by Gasteiger charge is -2.14. The summed E-state index contributed by atoms with van der Waals surface area (Å²) in [6, 6.07) is 3.82. The van der Waals surface area contributed by atoms with Gasteiger partial charge >= 0.3 is 0 Å². The van der Waals surface area contributed by atoms with Gasteiger partial charge < -0.3 is 4.74 Å². The molecule has 0 N–H and O–H groups in total. The number of hydrogen-bond donors (Lipinski definition) is 0. The van der Waals surface area contributed by atoms with Crippen LogP contribution < -0.4 is 4.74 Å². The molecule has 0 aliphatic rings. The molecule has 1 aromatic rings. The molecule has 0 spiro atoms. The zero-order chi connectivity index (χ0) is 10.8. The van der Waals surface area contributed by atoms with Gasteiger partial charge in [0.15, 0.2) is 0 Å². The van der Waals surface area contributed by atoms with Crippen LogP contribution in [0.3, 0.4) is 0 Å². The Kier molecular flexibility index (Phi) is 7.90. The van der Waals surface area contributed by atoms with Gasteiger partial charge in [0.1, 0.15) is 5.75 Å². The van der Waals surface area contributed by atoms with Crippen LogP contribution in [0.25, 0.3) is 0 Å². The third-order valence-corrected chi connectivity index (χ3v) is 1.85. The molecular weight excluding hydrogens is 174 g/mol. The second-order valence-electron chi connectivity index (χ2n) is 2.75. The molecule has 0 aliphatic carbocycles. The van der Waals surface area contributed by atoms with E-state index in [2.05, 4.69) is 18.8 Å². The van der Waals surface area contributed by atoms with Crippen molar-refractivity contribution in [3.8, 4) is 5.75 Å². The summed E-state index contributed by atoms with van der Waals surface area (Å²) in [5, 5.41) is 0. The first-order valence-corrected chi connectivity index (χ1v) is 5.43. The van der Waals surface area contributed by atoms with Crippen LogP contribution in [0.15, 0.2) is 24.5 Å². The average Bonchev–Trinajstić information content (AvgIpc) is 2.30. The number of aromatic nitrogens is 1. The van der Waals surface area contributed by atoms with E-state index in [1.165, 1.54) is 0 Å². The minimum atomic E-state index is 0.328. The van der Waals surface area contributed by atoms with Gasteiger partial charge in [0.05, 0.1) is 12.3 Å². The molecule has 1 heterocycles. The van der Waals surface area contributed by atoms with Crippen LogP contribution in [-0.4, -0.2) is 11.1 Å². The summed E-state index contributed by atoms with van der Waals surface area (Å²) >= 11 is 0. The molecule has 80 valence electrons. The minimum Gasteiger partial charge on any atom is -0.489 e. The van der Waals surface area contributed by atoms with Crippen molar-refractivity contribution >= 4 is 0 Å². The minimum absolute atomic E-state index is 0.328. The molecule has 2 heteroatoms. The van der Waals surface area contributed by atoms with E-state index < -0.39 is 0 Å². The Bertz CT molecular complexity index is 207. The molecule has 0 bridgehead atoms. The second-order valence-corrected chi connectivity index (χ2v) is 2.75. The van der Waals surface area contributed by atoms with Crippen molar-refractivity contribution in [1.82, 2.24) is 4.98 Å². The van der Waals surface area contributed by atoms with Crippen molar-refractivity contribution in [3.63, 3.8) is 0 Å². The fraction of sp³-hybridized carbons (Fsp3) is 0.583. The monoisotopic (exact) mass is 195 g/mol. The lowest BCUT2D eigenvalue weighted by Crippen LogP contribution is -2.13. The van der Waals surface area contributed by atoms with Crippen molar-refractivity contribution in [2.45, 2.75) is 46.6 Å². The molecule has 0 aromatic carbocycles. The van der Waals surface area contributed by atoms with E-state index in [1.807, 2.05) is 26.0 Å². The highest BCUT2D eigenvalue weighted by atomic mass is 16.5. The summed E-state index contributed by atoms with van der Waals surface area (Å²) in [4.78, 5) is 3.98. The van der Waals surface area contributed by atoms with Crippen LogP contribution in [0.4, 0.5) is 0 Å². The maximum Gasteiger partial charge on any atom is 0.137 e. The second kappa shape index (κ2) is 8.54. The smallest absolute Gasteiger partial charge is 0.137 e. The molecule has 0 fully saturated rings. The fourth-order valence-electron chi connectivity index (χ4n) is 1.06. The Morgan fingerprint density at radius 1 is 1.29 bits per heavy atom. The third-order valence-electron chi connectivity index (χ3n) is 1.85. The Hall–Kier alpha value is -1.05. The number of nitrogens with zero attached hydrogens (tertiary/aromatic N) is 1.